The lowest BCUT2D eigenvalue weighted by atomic mass is 10.2. The molecule has 4 rings (SSSR count). The Balaban J connectivity index is 1.70. The molecule has 0 aliphatic rings. The van der Waals surface area contributed by atoms with E-state index in [2.05, 4.69) is 26.2 Å². The van der Waals surface area contributed by atoms with E-state index in [4.69, 9.17) is 4.42 Å². The molecule has 2 aromatic carbocycles. The van der Waals surface area contributed by atoms with Crippen molar-refractivity contribution in [2.24, 2.45) is 0 Å². The van der Waals surface area contributed by atoms with E-state index in [1.165, 1.54) is 10.9 Å². The van der Waals surface area contributed by atoms with Crippen LogP contribution in [0.2, 0.25) is 0 Å². The van der Waals surface area contributed by atoms with Crippen molar-refractivity contribution in [2.75, 3.05) is 5.32 Å². The molecule has 2 aromatic heterocycles. The van der Waals surface area contributed by atoms with Crippen molar-refractivity contribution < 1.29 is 9.21 Å². The van der Waals surface area contributed by atoms with Crippen molar-refractivity contribution in [1.29, 1.82) is 0 Å². The number of nitrogens with zero attached hydrogens (tertiary/aromatic N) is 2. The Morgan fingerprint density at radius 2 is 1.92 bits per heavy atom. The number of nitrogens with one attached hydrogen (secondary N) is 1. The van der Waals surface area contributed by atoms with E-state index < -0.39 is 6.04 Å². The lowest BCUT2D eigenvalue weighted by Crippen LogP contribution is -2.31. The standard InChI is InChI=1S/C19H14BrN3O3/c1-11(18(24)22-13-8-6-12(20)7-9-13)23-10-21-16-14-4-2-3-5-15(14)26-17(16)19(23)25/h2-11H,1H3,(H,22,24). The summed E-state index contributed by atoms with van der Waals surface area (Å²) in [4.78, 5) is 29.6. The third kappa shape index (κ3) is 2.80. The minimum absolute atomic E-state index is 0.150. The molecule has 0 fully saturated rings. The quantitative estimate of drug-likeness (QED) is 0.550. The van der Waals surface area contributed by atoms with Crippen LogP contribution in [0.4, 0.5) is 5.69 Å². The van der Waals surface area contributed by atoms with Crippen LogP contribution >= 0.6 is 15.9 Å². The van der Waals surface area contributed by atoms with Gasteiger partial charge in [-0.05, 0) is 43.3 Å². The van der Waals surface area contributed by atoms with E-state index in [-0.39, 0.29) is 17.0 Å². The van der Waals surface area contributed by atoms with Crippen LogP contribution in [0.3, 0.4) is 0 Å². The van der Waals surface area contributed by atoms with Gasteiger partial charge in [0.05, 0.1) is 6.33 Å². The average Bonchev–Trinajstić information content (AvgIpc) is 3.03. The minimum atomic E-state index is -0.740. The van der Waals surface area contributed by atoms with Crippen molar-refractivity contribution in [3.63, 3.8) is 0 Å². The zero-order valence-electron chi connectivity index (χ0n) is 13.8. The molecule has 26 heavy (non-hydrogen) atoms. The Hall–Kier alpha value is -2.93. The van der Waals surface area contributed by atoms with Crippen LogP contribution in [-0.4, -0.2) is 15.5 Å². The molecule has 0 bridgehead atoms. The molecule has 0 aliphatic carbocycles. The summed E-state index contributed by atoms with van der Waals surface area (Å²) in [5.41, 5.74) is 1.51. The highest BCUT2D eigenvalue weighted by Gasteiger charge is 2.20. The average molecular weight is 412 g/mol. The maximum atomic E-state index is 12.8. The molecule has 0 saturated carbocycles. The first-order valence-electron chi connectivity index (χ1n) is 7.99. The van der Waals surface area contributed by atoms with Gasteiger partial charge in [-0.15, -0.1) is 0 Å². The molecular formula is C19H14BrN3O3. The lowest BCUT2D eigenvalue weighted by Gasteiger charge is -2.14. The van der Waals surface area contributed by atoms with Gasteiger partial charge in [-0.2, -0.15) is 0 Å². The van der Waals surface area contributed by atoms with E-state index in [0.29, 0.717) is 16.8 Å². The van der Waals surface area contributed by atoms with E-state index >= 15 is 0 Å². The summed E-state index contributed by atoms with van der Waals surface area (Å²) in [5.74, 6) is -0.313. The number of hydrogen-bond acceptors (Lipinski definition) is 4. The van der Waals surface area contributed by atoms with Crippen LogP contribution in [0.25, 0.3) is 22.1 Å². The molecule has 1 unspecified atom stereocenters. The third-order valence-electron chi connectivity index (χ3n) is 4.22. The largest absolute Gasteiger partial charge is 0.448 e. The van der Waals surface area contributed by atoms with Crippen LogP contribution in [0, 0.1) is 0 Å². The highest BCUT2D eigenvalue weighted by atomic mass is 79.9. The molecule has 1 atom stereocenters. The normalized spacial score (nSPS) is 12.4. The number of aromatic nitrogens is 2. The number of anilines is 1. The number of rotatable bonds is 3. The second-order valence-electron chi connectivity index (χ2n) is 5.91. The number of amides is 1. The minimum Gasteiger partial charge on any atom is -0.448 e. The van der Waals surface area contributed by atoms with Gasteiger partial charge in [0.1, 0.15) is 17.1 Å². The van der Waals surface area contributed by atoms with Crippen LogP contribution in [0.15, 0.2) is 68.5 Å². The van der Waals surface area contributed by atoms with Crippen LogP contribution in [-0.2, 0) is 4.79 Å². The Morgan fingerprint density at radius 1 is 1.19 bits per heavy atom. The monoisotopic (exact) mass is 411 g/mol. The summed E-state index contributed by atoms with van der Waals surface area (Å²) in [6.07, 6.45) is 1.39. The smallest absolute Gasteiger partial charge is 0.297 e. The van der Waals surface area contributed by atoms with Crippen molar-refractivity contribution in [3.8, 4) is 0 Å². The summed E-state index contributed by atoms with van der Waals surface area (Å²) in [6, 6.07) is 13.8. The molecule has 1 N–H and O–H groups in total. The van der Waals surface area contributed by atoms with Crippen molar-refractivity contribution in [2.45, 2.75) is 13.0 Å². The molecule has 6 nitrogen and oxygen atoms in total. The Kier molecular flexibility index (Phi) is 4.08. The first-order chi connectivity index (χ1) is 12.5. The number of benzene rings is 2. The fourth-order valence-corrected chi connectivity index (χ4v) is 3.04. The van der Waals surface area contributed by atoms with E-state index in [1.54, 1.807) is 25.1 Å². The molecule has 1 amide bonds. The van der Waals surface area contributed by atoms with Crippen molar-refractivity contribution in [1.82, 2.24) is 9.55 Å². The van der Waals surface area contributed by atoms with Gasteiger partial charge in [0.25, 0.3) is 5.56 Å². The lowest BCUT2D eigenvalue weighted by molar-refractivity contribution is -0.118. The Bertz CT molecular complexity index is 1180. The van der Waals surface area contributed by atoms with Gasteiger partial charge in [-0.25, -0.2) is 4.98 Å². The SMILES string of the molecule is CC(C(=O)Nc1ccc(Br)cc1)n1cnc2c(oc3ccccc32)c1=O. The molecule has 0 spiro atoms. The summed E-state index contributed by atoms with van der Waals surface area (Å²) >= 11 is 3.35. The van der Waals surface area contributed by atoms with Gasteiger partial charge in [-0.1, -0.05) is 28.1 Å². The fourth-order valence-electron chi connectivity index (χ4n) is 2.78. The summed E-state index contributed by atoms with van der Waals surface area (Å²) in [5, 5.41) is 3.57. The molecule has 130 valence electrons. The maximum absolute atomic E-state index is 12.8. The van der Waals surface area contributed by atoms with Crippen LogP contribution in [0.5, 0.6) is 0 Å². The number of fused-ring (bicyclic) bond motifs is 3. The molecule has 0 saturated heterocycles. The number of furan rings is 1. The first-order valence-corrected chi connectivity index (χ1v) is 8.79. The molecule has 2 heterocycles. The summed E-state index contributed by atoms with van der Waals surface area (Å²) in [7, 11) is 0. The predicted octanol–water partition coefficient (Wildman–Crippen LogP) is 4.10. The second kappa shape index (κ2) is 6.42. The van der Waals surface area contributed by atoms with Gasteiger partial charge >= 0.3 is 0 Å². The van der Waals surface area contributed by atoms with Crippen molar-refractivity contribution >= 4 is 49.6 Å². The number of para-hydroxylation sites is 1. The first kappa shape index (κ1) is 16.5. The molecular weight excluding hydrogens is 398 g/mol. The highest BCUT2D eigenvalue weighted by molar-refractivity contribution is 9.10. The zero-order chi connectivity index (χ0) is 18.3. The maximum Gasteiger partial charge on any atom is 0.297 e. The zero-order valence-corrected chi connectivity index (χ0v) is 15.4. The molecule has 0 aliphatic heterocycles. The number of carbonyl (C=O) groups is 1. The Morgan fingerprint density at radius 3 is 2.69 bits per heavy atom. The number of carbonyl (C=O) groups excluding carboxylic acids is 1. The highest BCUT2D eigenvalue weighted by Crippen LogP contribution is 2.24. The van der Waals surface area contributed by atoms with E-state index in [9.17, 15) is 9.59 Å². The number of hydrogen-bond donors (Lipinski definition) is 1. The van der Waals surface area contributed by atoms with E-state index in [0.717, 1.165) is 9.86 Å². The summed E-state index contributed by atoms with van der Waals surface area (Å²) in [6.45, 7) is 1.64. The molecule has 4 aromatic rings. The van der Waals surface area contributed by atoms with Gasteiger partial charge in [0, 0.05) is 15.5 Å². The van der Waals surface area contributed by atoms with Gasteiger partial charge in [0.2, 0.25) is 11.5 Å². The van der Waals surface area contributed by atoms with Gasteiger partial charge < -0.3 is 9.73 Å². The van der Waals surface area contributed by atoms with Gasteiger partial charge in [0.15, 0.2) is 0 Å². The second-order valence-corrected chi connectivity index (χ2v) is 6.82. The predicted molar refractivity (Wildman–Crippen MR) is 103 cm³/mol. The summed E-state index contributed by atoms with van der Waals surface area (Å²) < 4.78 is 7.85. The van der Waals surface area contributed by atoms with E-state index in [1.807, 2.05) is 30.3 Å². The van der Waals surface area contributed by atoms with Crippen molar-refractivity contribution in [3.05, 3.63) is 69.7 Å². The molecule has 7 heteroatoms. The Labute approximate surface area is 156 Å². The number of halogens is 1. The fraction of sp³-hybridized carbons (Fsp3) is 0.105. The topological polar surface area (TPSA) is 77.1 Å². The third-order valence-corrected chi connectivity index (χ3v) is 4.75. The van der Waals surface area contributed by atoms with Crippen LogP contribution in [0.1, 0.15) is 13.0 Å². The van der Waals surface area contributed by atoms with Gasteiger partial charge in [-0.3, -0.25) is 14.2 Å². The molecule has 0 radical (unpaired) electrons. The van der Waals surface area contributed by atoms with Crippen LogP contribution < -0.4 is 10.9 Å².